The summed E-state index contributed by atoms with van der Waals surface area (Å²) in [6.45, 7) is 1.96. The molecule has 1 saturated carbocycles. The van der Waals surface area contributed by atoms with Crippen molar-refractivity contribution in [3.05, 3.63) is 41.2 Å². The van der Waals surface area contributed by atoms with E-state index in [1.165, 1.54) is 18.2 Å². The summed E-state index contributed by atoms with van der Waals surface area (Å²) in [5.41, 5.74) is 1.89. The van der Waals surface area contributed by atoms with Gasteiger partial charge in [0.2, 0.25) is 5.91 Å². The zero-order chi connectivity index (χ0) is 22.0. The Hall–Kier alpha value is -1.51. The number of aromatic nitrogens is 2. The predicted molar refractivity (Wildman–Crippen MR) is 125 cm³/mol. The van der Waals surface area contributed by atoms with Gasteiger partial charge in [0.1, 0.15) is 0 Å². The number of hydrogen-bond donors (Lipinski definition) is 0. The van der Waals surface area contributed by atoms with Crippen LogP contribution in [0.3, 0.4) is 0 Å². The smallest absolute Gasteiger partial charge is 0.233 e. The molecular formula is C22H28ClN3O3S2. The van der Waals surface area contributed by atoms with Crippen LogP contribution in [0.4, 0.5) is 0 Å². The molecule has 0 bridgehead atoms. The molecule has 1 aliphatic carbocycles. The molecule has 1 unspecified atom stereocenters. The highest BCUT2D eigenvalue weighted by atomic mass is 35.5. The highest BCUT2D eigenvalue weighted by Crippen LogP contribution is 2.31. The van der Waals surface area contributed by atoms with Crippen LogP contribution in [0.25, 0.3) is 5.69 Å². The Morgan fingerprint density at radius 2 is 2.00 bits per heavy atom. The summed E-state index contributed by atoms with van der Waals surface area (Å²) < 4.78 is 26.1. The van der Waals surface area contributed by atoms with Crippen LogP contribution in [0.5, 0.6) is 0 Å². The molecule has 9 heteroatoms. The number of thioether (sulfide) groups is 1. The summed E-state index contributed by atoms with van der Waals surface area (Å²) in [5.74, 6) is 0.524. The van der Waals surface area contributed by atoms with Crippen molar-refractivity contribution < 1.29 is 13.2 Å². The third kappa shape index (κ3) is 5.12. The summed E-state index contributed by atoms with van der Waals surface area (Å²) in [6.07, 6.45) is 9.44. The van der Waals surface area contributed by atoms with E-state index in [9.17, 15) is 13.2 Å². The minimum absolute atomic E-state index is 0.0105. The van der Waals surface area contributed by atoms with Gasteiger partial charge in [0.25, 0.3) is 0 Å². The molecule has 31 heavy (non-hydrogen) atoms. The van der Waals surface area contributed by atoms with E-state index in [0.29, 0.717) is 11.4 Å². The third-order valence-electron chi connectivity index (χ3n) is 6.29. The van der Waals surface area contributed by atoms with Gasteiger partial charge in [-0.2, -0.15) is 0 Å². The standard InChI is InChI=1S/C22H28ClN3O3S2/c1-16-19(23)8-5-9-20(16)25-12-11-24-22(25)30-14-21(27)26(17-6-3-2-4-7-17)18-10-13-31(28,29)15-18/h5,8-9,11-12,17-18H,2-4,6-7,10,13-15H2,1H3. The molecule has 1 amide bonds. The van der Waals surface area contributed by atoms with Crippen molar-refractivity contribution in [1.82, 2.24) is 14.5 Å². The second-order valence-electron chi connectivity index (χ2n) is 8.40. The van der Waals surface area contributed by atoms with Gasteiger partial charge in [-0.05, 0) is 43.9 Å². The number of hydrogen-bond acceptors (Lipinski definition) is 5. The SMILES string of the molecule is Cc1c(Cl)cccc1-n1ccnc1SCC(=O)N(C1CCCCC1)C1CCS(=O)(=O)C1. The Bertz CT molecular complexity index is 1050. The van der Waals surface area contributed by atoms with Crippen LogP contribution < -0.4 is 0 Å². The zero-order valence-corrected chi connectivity index (χ0v) is 20.1. The molecule has 1 aromatic heterocycles. The van der Waals surface area contributed by atoms with Crippen molar-refractivity contribution in [2.24, 2.45) is 0 Å². The Morgan fingerprint density at radius 1 is 1.23 bits per heavy atom. The zero-order valence-electron chi connectivity index (χ0n) is 17.7. The summed E-state index contributed by atoms with van der Waals surface area (Å²) in [6, 6.07) is 5.68. The number of carbonyl (C=O) groups is 1. The van der Waals surface area contributed by atoms with Crippen molar-refractivity contribution in [3.8, 4) is 5.69 Å². The van der Waals surface area contributed by atoms with Gasteiger partial charge in [-0.25, -0.2) is 13.4 Å². The first kappa shape index (κ1) is 22.7. The largest absolute Gasteiger partial charge is 0.335 e. The second-order valence-corrected chi connectivity index (χ2v) is 12.0. The van der Waals surface area contributed by atoms with Gasteiger partial charge < -0.3 is 4.90 Å². The van der Waals surface area contributed by atoms with Gasteiger partial charge in [0, 0.05) is 29.5 Å². The molecule has 0 radical (unpaired) electrons. The first-order valence-electron chi connectivity index (χ1n) is 10.8. The number of amides is 1. The van der Waals surface area contributed by atoms with Crippen molar-refractivity contribution in [1.29, 1.82) is 0 Å². The van der Waals surface area contributed by atoms with E-state index in [2.05, 4.69) is 4.98 Å². The number of imidazole rings is 1. The lowest BCUT2D eigenvalue weighted by Gasteiger charge is -2.38. The van der Waals surface area contributed by atoms with E-state index >= 15 is 0 Å². The van der Waals surface area contributed by atoms with Crippen molar-refractivity contribution in [3.63, 3.8) is 0 Å². The fourth-order valence-corrected chi connectivity index (χ4v) is 7.41. The first-order chi connectivity index (χ1) is 14.9. The van der Waals surface area contributed by atoms with E-state index in [1.807, 2.05) is 40.8 Å². The van der Waals surface area contributed by atoms with Crippen LogP contribution >= 0.6 is 23.4 Å². The van der Waals surface area contributed by atoms with Crippen molar-refractivity contribution >= 4 is 39.1 Å². The fourth-order valence-electron chi connectivity index (χ4n) is 4.70. The fraction of sp³-hybridized carbons (Fsp3) is 0.545. The summed E-state index contributed by atoms with van der Waals surface area (Å²) in [7, 11) is -3.05. The molecule has 4 rings (SSSR count). The highest BCUT2D eigenvalue weighted by Gasteiger charge is 2.38. The van der Waals surface area contributed by atoms with Crippen molar-refractivity contribution in [2.75, 3.05) is 17.3 Å². The van der Waals surface area contributed by atoms with Crippen molar-refractivity contribution in [2.45, 2.75) is 62.7 Å². The Balaban J connectivity index is 1.51. The maximum Gasteiger partial charge on any atom is 0.233 e. The van der Waals surface area contributed by atoms with E-state index in [1.54, 1.807) is 6.20 Å². The highest BCUT2D eigenvalue weighted by molar-refractivity contribution is 7.99. The minimum atomic E-state index is -3.05. The Labute approximate surface area is 193 Å². The molecule has 0 spiro atoms. The average Bonchev–Trinajstić information content (AvgIpc) is 3.35. The van der Waals surface area contributed by atoms with Gasteiger partial charge in [-0.3, -0.25) is 9.36 Å². The molecule has 6 nitrogen and oxygen atoms in total. The van der Waals surface area contributed by atoms with Gasteiger partial charge in [0.15, 0.2) is 15.0 Å². The number of rotatable bonds is 6. The number of carbonyl (C=O) groups excluding carboxylic acids is 1. The molecular weight excluding hydrogens is 454 g/mol. The molecule has 2 aliphatic rings. The maximum atomic E-state index is 13.4. The molecule has 1 aliphatic heterocycles. The van der Waals surface area contributed by atoms with Gasteiger partial charge in [0.05, 0.1) is 22.9 Å². The Morgan fingerprint density at radius 3 is 2.71 bits per heavy atom. The van der Waals surface area contributed by atoms with Gasteiger partial charge in [-0.15, -0.1) is 0 Å². The number of sulfone groups is 1. The lowest BCUT2D eigenvalue weighted by molar-refractivity contribution is -0.133. The number of benzene rings is 1. The molecule has 2 fully saturated rings. The topological polar surface area (TPSA) is 72.3 Å². The molecule has 2 aromatic rings. The minimum Gasteiger partial charge on any atom is -0.335 e. The van der Waals surface area contributed by atoms with Crippen LogP contribution in [-0.2, 0) is 14.6 Å². The normalized spacial score (nSPS) is 21.3. The average molecular weight is 482 g/mol. The van der Waals surface area contributed by atoms with Gasteiger partial charge >= 0.3 is 0 Å². The van der Waals surface area contributed by atoms with E-state index in [4.69, 9.17) is 11.6 Å². The maximum absolute atomic E-state index is 13.4. The molecule has 0 N–H and O–H groups in total. The summed E-state index contributed by atoms with van der Waals surface area (Å²) in [4.78, 5) is 19.7. The number of halogens is 1. The summed E-state index contributed by atoms with van der Waals surface area (Å²) >= 11 is 7.67. The molecule has 168 valence electrons. The summed E-state index contributed by atoms with van der Waals surface area (Å²) in [5, 5.41) is 1.41. The molecule has 1 aromatic carbocycles. The van der Waals surface area contributed by atoms with Crippen LogP contribution in [0.2, 0.25) is 5.02 Å². The second kappa shape index (κ2) is 9.55. The number of nitrogens with zero attached hydrogens (tertiary/aromatic N) is 3. The van der Waals surface area contributed by atoms with Crippen LogP contribution in [0.15, 0.2) is 35.7 Å². The molecule has 2 heterocycles. The Kier molecular flexibility index (Phi) is 6.98. The molecule has 1 saturated heterocycles. The van der Waals surface area contributed by atoms with Crippen LogP contribution in [0.1, 0.15) is 44.1 Å². The first-order valence-corrected chi connectivity index (χ1v) is 14.0. The predicted octanol–water partition coefficient (Wildman–Crippen LogP) is 4.27. The van der Waals surface area contributed by atoms with Crippen LogP contribution in [-0.4, -0.2) is 58.1 Å². The van der Waals surface area contributed by atoms with E-state index < -0.39 is 9.84 Å². The third-order valence-corrected chi connectivity index (χ3v) is 9.40. The molecule has 1 atom stereocenters. The lowest BCUT2D eigenvalue weighted by atomic mass is 9.93. The van der Waals surface area contributed by atoms with E-state index in [-0.39, 0.29) is 35.2 Å². The van der Waals surface area contributed by atoms with E-state index in [0.717, 1.165) is 42.1 Å². The lowest BCUT2D eigenvalue weighted by Crippen LogP contribution is -2.49. The monoisotopic (exact) mass is 481 g/mol. The quantitative estimate of drug-likeness (QED) is 0.576. The van der Waals surface area contributed by atoms with Gasteiger partial charge in [-0.1, -0.05) is 48.7 Å². The van der Waals surface area contributed by atoms with Crippen LogP contribution in [0, 0.1) is 6.92 Å².